The van der Waals surface area contributed by atoms with Crippen molar-refractivity contribution in [1.82, 2.24) is 9.88 Å². The van der Waals surface area contributed by atoms with Crippen LogP contribution in [0.5, 0.6) is 0 Å². The minimum absolute atomic E-state index is 0.0392. The van der Waals surface area contributed by atoms with E-state index in [1.807, 2.05) is 0 Å². The van der Waals surface area contributed by atoms with Crippen LogP contribution in [0.2, 0.25) is 0 Å². The van der Waals surface area contributed by atoms with Gasteiger partial charge in [-0.2, -0.15) is 13.2 Å². The maximum absolute atomic E-state index is 12.1. The standard InChI is InChI=1S/C8H9F3N2O2S/c9-8(10,11)4-13(1-2-14)7(15)6-3-16-5-12-6/h3,5,14H,1-2,4H2. The van der Waals surface area contributed by atoms with Crippen molar-refractivity contribution in [1.29, 1.82) is 0 Å². The number of amides is 1. The van der Waals surface area contributed by atoms with Gasteiger partial charge in [0.2, 0.25) is 0 Å². The summed E-state index contributed by atoms with van der Waals surface area (Å²) in [6.07, 6.45) is -4.49. The molecule has 1 amide bonds. The van der Waals surface area contributed by atoms with Crippen LogP contribution < -0.4 is 0 Å². The van der Waals surface area contributed by atoms with Gasteiger partial charge in [-0.15, -0.1) is 11.3 Å². The van der Waals surface area contributed by atoms with Crippen molar-refractivity contribution in [3.63, 3.8) is 0 Å². The van der Waals surface area contributed by atoms with Gasteiger partial charge < -0.3 is 10.0 Å². The largest absolute Gasteiger partial charge is 0.406 e. The van der Waals surface area contributed by atoms with Crippen molar-refractivity contribution in [2.24, 2.45) is 0 Å². The molecule has 8 heteroatoms. The fourth-order valence-corrected chi connectivity index (χ4v) is 1.60. The van der Waals surface area contributed by atoms with Crippen molar-refractivity contribution in [3.05, 3.63) is 16.6 Å². The van der Waals surface area contributed by atoms with E-state index in [0.29, 0.717) is 4.90 Å². The van der Waals surface area contributed by atoms with Crippen LogP contribution in [0.4, 0.5) is 13.2 Å². The highest BCUT2D eigenvalue weighted by Gasteiger charge is 2.33. The third kappa shape index (κ3) is 3.78. The number of rotatable bonds is 4. The molecule has 0 atom stereocenters. The van der Waals surface area contributed by atoms with Crippen LogP contribution >= 0.6 is 11.3 Å². The molecule has 0 saturated heterocycles. The van der Waals surface area contributed by atoms with Crippen LogP contribution in [0.15, 0.2) is 10.9 Å². The molecule has 4 nitrogen and oxygen atoms in total. The maximum Gasteiger partial charge on any atom is 0.406 e. The fraction of sp³-hybridized carbons (Fsp3) is 0.500. The highest BCUT2D eigenvalue weighted by Crippen LogP contribution is 2.17. The molecule has 0 unspecified atom stereocenters. The Morgan fingerprint density at radius 1 is 1.56 bits per heavy atom. The maximum atomic E-state index is 12.1. The Kier molecular flexibility index (Phi) is 4.25. The number of aliphatic hydroxyl groups is 1. The lowest BCUT2D eigenvalue weighted by Gasteiger charge is -2.22. The zero-order chi connectivity index (χ0) is 12.2. The smallest absolute Gasteiger partial charge is 0.395 e. The second kappa shape index (κ2) is 5.26. The lowest BCUT2D eigenvalue weighted by Crippen LogP contribution is -2.40. The van der Waals surface area contributed by atoms with E-state index in [4.69, 9.17) is 5.11 Å². The van der Waals surface area contributed by atoms with E-state index < -0.39 is 25.2 Å². The first-order valence-corrected chi connectivity index (χ1v) is 5.23. The Labute approximate surface area is 93.3 Å². The summed E-state index contributed by atoms with van der Waals surface area (Å²) < 4.78 is 36.4. The average Bonchev–Trinajstić information content (AvgIpc) is 2.66. The van der Waals surface area contributed by atoms with E-state index in [1.54, 1.807) is 0 Å². The van der Waals surface area contributed by atoms with E-state index in [2.05, 4.69) is 4.98 Å². The first-order valence-electron chi connectivity index (χ1n) is 4.29. The number of hydrogen-bond acceptors (Lipinski definition) is 4. The van der Waals surface area contributed by atoms with Gasteiger partial charge in [-0.1, -0.05) is 0 Å². The summed E-state index contributed by atoms with van der Waals surface area (Å²) in [7, 11) is 0. The summed E-state index contributed by atoms with van der Waals surface area (Å²) in [4.78, 5) is 15.7. The molecule has 0 saturated carbocycles. The van der Waals surface area contributed by atoms with E-state index in [0.717, 1.165) is 11.3 Å². The Hall–Kier alpha value is -1.15. The zero-order valence-electron chi connectivity index (χ0n) is 8.07. The fourth-order valence-electron chi connectivity index (χ4n) is 1.07. The molecule has 16 heavy (non-hydrogen) atoms. The molecule has 0 aliphatic heterocycles. The average molecular weight is 254 g/mol. The molecule has 0 bridgehead atoms. The van der Waals surface area contributed by atoms with Gasteiger partial charge in [0.15, 0.2) is 0 Å². The van der Waals surface area contributed by atoms with Crippen molar-refractivity contribution in [2.75, 3.05) is 19.7 Å². The lowest BCUT2D eigenvalue weighted by molar-refractivity contribution is -0.141. The minimum atomic E-state index is -4.49. The van der Waals surface area contributed by atoms with Gasteiger partial charge in [0.25, 0.3) is 5.91 Å². The number of alkyl halides is 3. The van der Waals surface area contributed by atoms with Crippen LogP contribution in [0.1, 0.15) is 10.5 Å². The summed E-state index contributed by atoms with van der Waals surface area (Å²) in [5, 5.41) is 9.97. The first kappa shape index (κ1) is 12.9. The zero-order valence-corrected chi connectivity index (χ0v) is 8.88. The van der Waals surface area contributed by atoms with E-state index >= 15 is 0 Å². The first-order chi connectivity index (χ1) is 7.44. The summed E-state index contributed by atoms with van der Waals surface area (Å²) in [5.41, 5.74) is 1.32. The number of halogens is 3. The van der Waals surface area contributed by atoms with Crippen molar-refractivity contribution in [3.8, 4) is 0 Å². The summed E-state index contributed by atoms with van der Waals surface area (Å²) in [6, 6.07) is 0. The molecule has 0 fully saturated rings. The third-order valence-electron chi connectivity index (χ3n) is 1.68. The normalized spacial score (nSPS) is 11.5. The van der Waals surface area contributed by atoms with Gasteiger partial charge in [0.05, 0.1) is 12.1 Å². The molecule has 1 rings (SSSR count). The van der Waals surface area contributed by atoms with Crippen molar-refractivity contribution in [2.45, 2.75) is 6.18 Å². The Bertz CT molecular complexity index is 340. The molecular weight excluding hydrogens is 245 g/mol. The number of thiazole rings is 1. The summed E-state index contributed by atoms with van der Waals surface area (Å²) >= 11 is 1.12. The monoisotopic (exact) mass is 254 g/mol. The van der Waals surface area contributed by atoms with Gasteiger partial charge >= 0.3 is 6.18 Å². The Morgan fingerprint density at radius 3 is 2.69 bits per heavy atom. The van der Waals surface area contributed by atoms with E-state index in [9.17, 15) is 18.0 Å². The van der Waals surface area contributed by atoms with E-state index in [1.165, 1.54) is 10.9 Å². The molecule has 90 valence electrons. The molecule has 0 aliphatic rings. The number of aromatic nitrogens is 1. The van der Waals surface area contributed by atoms with Gasteiger partial charge in [-0.25, -0.2) is 4.98 Å². The van der Waals surface area contributed by atoms with Gasteiger partial charge in [-0.3, -0.25) is 4.79 Å². The minimum Gasteiger partial charge on any atom is -0.395 e. The van der Waals surface area contributed by atoms with Crippen LogP contribution in [-0.4, -0.2) is 46.8 Å². The second-order valence-electron chi connectivity index (χ2n) is 2.94. The molecular formula is C8H9F3N2O2S. The summed E-state index contributed by atoms with van der Waals surface area (Å²) in [5.74, 6) is -0.826. The molecule has 1 aromatic rings. The Morgan fingerprint density at radius 2 is 2.25 bits per heavy atom. The predicted octanol–water partition coefficient (Wildman–Crippen LogP) is 1.14. The Balaban J connectivity index is 2.74. The number of carbonyl (C=O) groups excluding carboxylic acids is 1. The van der Waals surface area contributed by atoms with Gasteiger partial charge in [0.1, 0.15) is 12.2 Å². The van der Waals surface area contributed by atoms with Gasteiger partial charge in [-0.05, 0) is 0 Å². The van der Waals surface area contributed by atoms with Crippen molar-refractivity contribution < 1.29 is 23.1 Å². The van der Waals surface area contributed by atoms with Crippen LogP contribution in [0, 0.1) is 0 Å². The SMILES string of the molecule is O=C(c1cscn1)N(CCO)CC(F)(F)F. The number of aliphatic hydroxyl groups excluding tert-OH is 1. The predicted molar refractivity (Wildman–Crippen MR) is 51.2 cm³/mol. The lowest BCUT2D eigenvalue weighted by atomic mass is 10.3. The molecule has 0 aliphatic carbocycles. The molecule has 1 N–H and O–H groups in total. The molecule has 1 aromatic heterocycles. The van der Waals surface area contributed by atoms with E-state index in [-0.39, 0.29) is 12.2 Å². The molecule has 0 aromatic carbocycles. The molecule has 1 heterocycles. The highest BCUT2D eigenvalue weighted by molar-refractivity contribution is 7.07. The third-order valence-corrected chi connectivity index (χ3v) is 2.27. The summed E-state index contributed by atoms with van der Waals surface area (Å²) in [6.45, 7) is -2.27. The van der Waals surface area contributed by atoms with Crippen LogP contribution in [-0.2, 0) is 0 Å². The highest BCUT2D eigenvalue weighted by atomic mass is 32.1. The number of nitrogens with zero attached hydrogens (tertiary/aromatic N) is 2. The second-order valence-corrected chi connectivity index (χ2v) is 3.66. The molecule has 0 spiro atoms. The topological polar surface area (TPSA) is 53.4 Å². The number of hydrogen-bond donors (Lipinski definition) is 1. The van der Waals surface area contributed by atoms with Crippen LogP contribution in [0.3, 0.4) is 0 Å². The van der Waals surface area contributed by atoms with Crippen LogP contribution in [0.25, 0.3) is 0 Å². The quantitative estimate of drug-likeness (QED) is 0.876. The molecule has 0 radical (unpaired) electrons. The van der Waals surface area contributed by atoms with Crippen molar-refractivity contribution >= 4 is 17.2 Å². The number of carbonyl (C=O) groups is 1. The van der Waals surface area contributed by atoms with Gasteiger partial charge in [0, 0.05) is 11.9 Å².